The lowest BCUT2D eigenvalue weighted by molar-refractivity contribution is 0.103. The second-order valence-corrected chi connectivity index (χ2v) is 4.85. The maximum atomic E-state index is 9.37. The van der Waals surface area contributed by atoms with Crippen LogP contribution in [-0.2, 0) is 6.54 Å². The molecule has 4 heteroatoms. The molecule has 1 N–H and O–H groups in total. The molecular weight excluding hydrogens is 244 g/mol. The maximum Gasteiger partial charge on any atom is 0.128 e. The minimum atomic E-state index is -0.0596. The Balaban J connectivity index is 1.86. The van der Waals surface area contributed by atoms with Crippen LogP contribution in [0.25, 0.3) is 0 Å². The van der Waals surface area contributed by atoms with Gasteiger partial charge in [0.15, 0.2) is 0 Å². The lowest BCUT2D eigenvalue weighted by Gasteiger charge is -2.25. The normalized spacial score (nSPS) is 27.9. The first kappa shape index (κ1) is 10.2. The highest BCUT2D eigenvalue weighted by Crippen LogP contribution is 2.25. The van der Waals surface area contributed by atoms with Crippen LogP contribution < -0.4 is 0 Å². The Kier molecular flexibility index (Phi) is 3.23. The monoisotopic (exact) mass is 258 g/mol. The smallest absolute Gasteiger partial charge is 0.128 e. The molecule has 0 spiro atoms. The van der Waals surface area contributed by atoms with E-state index in [1.54, 1.807) is 0 Å². The van der Waals surface area contributed by atoms with Gasteiger partial charge in [-0.2, -0.15) is 5.10 Å². The van der Waals surface area contributed by atoms with E-state index in [9.17, 15) is 5.11 Å². The van der Waals surface area contributed by atoms with Gasteiger partial charge in [0.1, 0.15) is 4.60 Å². The van der Waals surface area contributed by atoms with E-state index in [1.165, 1.54) is 0 Å². The molecule has 2 rings (SSSR count). The third-order valence-corrected chi connectivity index (χ3v) is 3.29. The minimum Gasteiger partial charge on any atom is -0.393 e. The molecule has 1 heterocycles. The van der Waals surface area contributed by atoms with Gasteiger partial charge in [0, 0.05) is 12.7 Å². The van der Waals surface area contributed by atoms with E-state index in [-0.39, 0.29) is 6.10 Å². The second-order valence-electron chi connectivity index (χ2n) is 4.04. The van der Waals surface area contributed by atoms with Crippen molar-refractivity contribution in [3.05, 3.63) is 16.9 Å². The molecule has 0 atom stereocenters. The van der Waals surface area contributed by atoms with E-state index in [1.807, 2.05) is 16.9 Å². The first-order valence-corrected chi connectivity index (χ1v) is 5.90. The van der Waals surface area contributed by atoms with Crippen LogP contribution in [0.3, 0.4) is 0 Å². The van der Waals surface area contributed by atoms with Crippen molar-refractivity contribution in [3.8, 4) is 0 Å². The van der Waals surface area contributed by atoms with Gasteiger partial charge in [-0.3, -0.25) is 4.68 Å². The van der Waals surface area contributed by atoms with Crippen LogP contribution in [0, 0.1) is 5.92 Å². The largest absolute Gasteiger partial charge is 0.393 e. The van der Waals surface area contributed by atoms with Crippen LogP contribution in [0.5, 0.6) is 0 Å². The number of halogens is 1. The van der Waals surface area contributed by atoms with Crippen molar-refractivity contribution in [2.75, 3.05) is 0 Å². The van der Waals surface area contributed by atoms with Crippen molar-refractivity contribution in [2.45, 2.75) is 38.3 Å². The maximum absolute atomic E-state index is 9.37. The predicted octanol–water partition coefficient (Wildman–Crippen LogP) is 2.20. The fraction of sp³-hybridized carbons (Fsp3) is 0.700. The summed E-state index contributed by atoms with van der Waals surface area (Å²) in [6, 6.07) is 1.96. The van der Waals surface area contributed by atoms with Gasteiger partial charge in [-0.25, -0.2) is 0 Å². The standard InChI is InChI=1S/C10H15BrN2O/c11-10-5-6-13(12-10)7-8-1-3-9(14)4-2-8/h5-6,8-9,14H,1-4,7H2. The molecule has 0 aliphatic heterocycles. The number of rotatable bonds is 2. The van der Waals surface area contributed by atoms with E-state index >= 15 is 0 Å². The highest BCUT2D eigenvalue weighted by Gasteiger charge is 2.19. The molecule has 0 saturated heterocycles. The molecule has 14 heavy (non-hydrogen) atoms. The van der Waals surface area contributed by atoms with Crippen LogP contribution in [0.4, 0.5) is 0 Å². The summed E-state index contributed by atoms with van der Waals surface area (Å²) < 4.78 is 2.88. The quantitative estimate of drug-likeness (QED) is 0.884. The Morgan fingerprint density at radius 2 is 2.14 bits per heavy atom. The molecule has 1 aliphatic rings. The number of hydrogen-bond acceptors (Lipinski definition) is 2. The zero-order chi connectivity index (χ0) is 9.97. The third-order valence-electron chi connectivity index (χ3n) is 2.87. The summed E-state index contributed by atoms with van der Waals surface area (Å²) in [5.74, 6) is 0.685. The summed E-state index contributed by atoms with van der Waals surface area (Å²) in [6.45, 7) is 0.984. The first-order valence-electron chi connectivity index (χ1n) is 5.11. The average Bonchev–Trinajstić information content (AvgIpc) is 2.56. The molecular formula is C10H15BrN2O. The summed E-state index contributed by atoms with van der Waals surface area (Å²) in [7, 11) is 0. The molecule has 1 saturated carbocycles. The zero-order valence-corrected chi connectivity index (χ0v) is 9.65. The molecule has 0 unspecified atom stereocenters. The van der Waals surface area contributed by atoms with Gasteiger partial charge in [-0.05, 0) is 53.6 Å². The number of aliphatic hydroxyl groups excluding tert-OH is 1. The van der Waals surface area contributed by atoms with Crippen LogP contribution in [0.15, 0.2) is 16.9 Å². The molecule has 1 aliphatic carbocycles. The van der Waals surface area contributed by atoms with Crippen molar-refractivity contribution >= 4 is 15.9 Å². The number of aliphatic hydroxyl groups is 1. The Labute approximate surface area is 92.2 Å². The van der Waals surface area contributed by atoms with Crippen molar-refractivity contribution < 1.29 is 5.11 Å². The van der Waals surface area contributed by atoms with Crippen molar-refractivity contribution in [2.24, 2.45) is 5.92 Å². The van der Waals surface area contributed by atoms with Crippen molar-refractivity contribution in [3.63, 3.8) is 0 Å². The Hall–Kier alpha value is -0.350. The third kappa shape index (κ3) is 2.58. The molecule has 0 radical (unpaired) electrons. The number of hydrogen-bond donors (Lipinski definition) is 1. The van der Waals surface area contributed by atoms with E-state index in [2.05, 4.69) is 21.0 Å². The molecule has 78 valence electrons. The van der Waals surface area contributed by atoms with Crippen LogP contribution in [0.2, 0.25) is 0 Å². The SMILES string of the molecule is OC1CCC(Cn2ccc(Br)n2)CC1. The molecule has 1 aromatic heterocycles. The Morgan fingerprint density at radius 3 is 2.71 bits per heavy atom. The molecule has 0 aromatic carbocycles. The molecule has 1 fully saturated rings. The number of nitrogens with zero attached hydrogens (tertiary/aromatic N) is 2. The average molecular weight is 259 g/mol. The Morgan fingerprint density at radius 1 is 1.43 bits per heavy atom. The second kappa shape index (κ2) is 4.45. The van der Waals surface area contributed by atoms with E-state index in [0.717, 1.165) is 36.8 Å². The van der Waals surface area contributed by atoms with Gasteiger partial charge in [0.2, 0.25) is 0 Å². The fourth-order valence-corrected chi connectivity index (χ4v) is 2.35. The van der Waals surface area contributed by atoms with E-state index in [4.69, 9.17) is 0 Å². The van der Waals surface area contributed by atoms with Gasteiger partial charge in [-0.15, -0.1) is 0 Å². The summed E-state index contributed by atoms with van der Waals surface area (Å²) in [4.78, 5) is 0. The molecule has 0 bridgehead atoms. The number of aromatic nitrogens is 2. The zero-order valence-electron chi connectivity index (χ0n) is 8.06. The first-order chi connectivity index (χ1) is 6.74. The molecule has 3 nitrogen and oxygen atoms in total. The lowest BCUT2D eigenvalue weighted by atomic mass is 9.87. The highest BCUT2D eigenvalue weighted by molar-refractivity contribution is 9.10. The van der Waals surface area contributed by atoms with Gasteiger partial charge in [0.05, 0.1) is 6.10 Å². The van der Waals surface area contributed by atoms with E-state index < -0.39 is 0 Å². The fourth-order valence-electron chi connectivity index (χ4n) is 2.03. The van der Waals surface area contributed by atoms with Crippen LogP contribution in [0.1, 0.15) is 25.7 Å². The molecule has 0 amide bonds. The predicted molar refractivity (Wildman–Crippen MR) is 57.9 cm³/mol. The topological polar surface area (TPSA) is 38.0 Å². The molecule has 1 aromatic rings. The minimum absolute atomic E-state index is 0.0596. The van der Waals surface area contributed by atoms with Crippen LogP contribution >= 0.6 is 15.9 Å². The lowest BCUT2D eigenvalue weighted by Crippen LogP contribution is -2.21. The summed E-state index contributed by atoms with van der Waals surface area (Å²) in [5.41, 5.74) is 0. The van der Waals surface area contributed by atoms with Crippen LogP contribution in [-0.4, -0.2) is 21.0 Å². The Bertz CT molecular complexity index is 292. The summed E-state index contributed by atoms with van der Waals surface area (Å²) in [5, 5.41) is 13.7. The highest BCUT2D eigenvalue weighted by atomic mass is 79.9. The van der Waals surface area contributed by atoms with E-state index in [0.29, 0.717) is 5.92 Å². The van der Waals surface area contributed by atoms with Gasteiger partial charge >= 0.3 is 0 Å². The van der Waals surface area contributed by atoms with Gasteiger partial charge in [0.25, 0.3) is 0 Å². The van der Waals surface area contributed by atoms with Crippen molar-refractivity contribution in [1.82, 2.24) is 9.78 Å². The van der Waals surface area contributed by atoms with Gasteiger partial charge < -0.3 is 5.11 Å². The van der Waals surface area contributed by atoms with Gasteiger partial charge in [-0.1, -0.05) is 0 Å². The summed E-state index contributed by atoms with van der Waals surface area (Å²) >= 11 is 3.33. The van der Waals surface area contributed by atoms with Crippen molar-refractivity contribution in [1.29, 1.82) is 0 Å². The summed E-state index contributed by atoms with van der Waals surface area (Å²) in [6.07, 6.45) is 6.09.